The van der Waals surface area contributed by atoms with Gasteiger partial charge in [-0.15, -0.1) is 0 Å². The minimum Gasteiger partial charge on any atom is -0.481 e. The molecule has 0 aliphatic carbocycles. The number of ether oxygens (including phenoxy) is 1. The highest BCUT2D eigenvalue weighted by molar-refractivity contribution is 5.77. The summed E-state index contributed by atoms with van der Waals surface area (Å²) in [7, 11) is 0. The summed E-state index contributed by atoms with van der Waals surface area (Å²) >= 11 is 0. The first-order valence-electron chi connectivity index (χ1n) is 5.44. The molecule has 0 bridgehead atoms. The molecule has 1 aliphatic rings. The van der Waals surface area contributed by atoms with E-state index < -0.39 is 5.97 Å². The molecule has 1 fully saturated rings. The van der Waals surface area contributed by atoms with Crippen LogP contribution in [0, 0.1) is 0 Å². The molecule has 1 saturated heterocycles. The zero-order valence-corrected chi connectivity index (χ0v) is 9.22. The highest BCUT2D eigenvalue weighted by atomic mass is 16.5. The molecule has 92 valence electrons. The molecule has 6 nitrogen and oxygen atoms in total. The summed E-state index contributed by atoms with van der Waals surface area (Å²) in [6.45, 7) is 1.73. The van der Waals surface area contributed by atoms with Gasteiger partial charge in [0.25, 0.3) is 0 Å². The molecular weight excluding hydrogens is 212 g/mol. The summed E-state index contributed by atoms with van der Waals surface area (Å²) < 4.78 is 5.19. The van der Waals surface area contributed by atoms with Gasteiger partial charge >= 0.3 is 5.97 Å². The normalized spacial score (nSPS) is 20.8. The van der Waals surface area contributed by atoms with Crippen molar-refractivity contribution in [1.29, 1.82) is 0 Å². The van der Waals surface area contributed by atoms with Gasteiger partial charge in [0.05, 0.1) is 25.7 Å². The monoisotopic (exact) mass is 230 g/mol. The average Bonchev–Trinajstić information content (AvgIpc) is 2.26. The standard InChI is InChI=1S/C10H18N2O4/c11-3-1-2-9(13)12-4-5-16-7-8(12)6-10(14)15/h8H,1-7,11H2,(H,14,15). The van der Waals surface area contributed by atoms with Crippen LogP contribution >= 0.6 is 0 Å². The van der Waals surface area contributed by atoms with E-state index in [1.165, 1.54) is 0 Å². The molecule has 6 heteroatoms. The van der Waals surface area contributed by atoms with Gasteiger partial charge in [-0.1, -0.05) is 0 Å². The first-order valence-corrected chi connectivity index (χ1v) is 5.44. The lowest BCUT2D eigenvalue weighted by Crippen LogP contribution is -2.49. The summed E-state index contributed by atoms with van der Waals surface area (Å²) in [6, 6.07) is -0.337. The van der Waals surface area contributed by atoms with Gasteiger partial charge in [0, 0.05) is 13.0 Å². The van der Waals surface area contributed by atoms with Crippen LogP contribution in [-0.4, -0.2) is 54.2 Å². The number of amides is 1. The number of carboxylic acid groups (broad SMARTS) is 1. The zero-order chi connectivity index (χ0) is 12.0. The highest BCUT2D eigenvalue weighted by Crippen LogP contribution is 2.12. The zero-order valence-electron chi connectivity index (χ0n) is 9.22. The molecule has 0 radical (unpaired) electrons. The number of aliphatic carboxylic acids is 1. The predicted octanol–water partition coefficient (Wildman–Crippen LogP) is -0.573. The quantitative estimate of drug-likeness (QED) is 0.659. The third-order valence-electron chi connectivity index (χ3n) is 2.55. The molecule has 0 spiro atoms. The van der Waals surface area contributed by atoms with Gasteiger partial charge in [0.2, 0.25) is 5.91 Å². The van der Waals surface area contributed by atoms with E-state index in [4.69, 9.17) is 15.6 Å². The average molecular weight is 230 g/mol. The fraction of sp³-hybridized carbons (Fsp3) is 0.800. The lowest BCUT2D eigenvalue weighted by molar-refractivity contribution is -0.146. The van der Waals surface area contributed by atoms with E-state index in [1.54, 1.807) is 4.90 Å². The highest BCUT2D eigenvalue weighted by Gasteiger charge is 2.28. The Bertz CT molecular complexity index is 257. The Morgan fingerprint density at radius 3 is 2.88 bits per heavy atom. The third kappa shape index (κ3) is 3.79. The second-order valence-electron chi connectivity index (χ2n) is 3.81. The third-order valence-corrected chi connectivity index (χ3v) is 2.55. The number of carboxylic acids is 1. The minimum atomic E-state index is -0.910. The van der Waals surface area contributed by atoms with Crippen LogP contribution in [0.4, 0.5) is 0 Å². The predicted molar refractivity (Wildman–Crippen MR) is 56.9 cm³/mol. The van der Waals surface area contributed by atoms with E-state index >= 15 is 0 Å². The largest absolute Gasteiger partial charge is 0.481 e. The Kier molecular flexibility index (Phi) is 5.21. The number of carbonyl (C=O) groups is 2. The molecule has 1 atom stereocenters. The molecular formula is C10H18N2O4. The van der Waals surface area contributed by atoms with Crippen molar-refractivity contribution in [3.63, 3.8) is 0 Å². The van der Waals surface area contributed by atoms with Gasteiger partial charge in [-0.2, -0.15) is 0 Å². The Morgan fingerprint density at radius 1 is 1.50 bits per heavy atom. The van der Waals surface area contributed by atoms with Crippen molar-refractivity contribution in [3.8, 4) is 0 Å². The van der Waals surface area contributed by atoms with Crippen LogP contribution in [0.25, 0.3) is 0 Å². The van der Waals surface area contributed by atoms with E-state index in [9.17, 15) is 9.59 Å². The number of carbonyl (C=O) groups excluding carboxylic acids is 1. The Labute approximate surface area is 94.3 Å². The number of hydrogen-bond acceptors (Lipinski definition) is 4. The molecule has 1 unspecified atom stereocenters. The van der Waals surface area contributed by atoms with Crippen molar-refractivity contribution in [1.82, 2.24) is 4.90 Å². The molecule has 0 aromatic carbocycles. The van der Waals surface area contributed by atoms with Crippen molar-refractivity contribution < 1.29 is 19.4 Å². The topological polar surface area (TPSA) is 92.9 Å². The van der Waals surface area contributed by atoms with Crippen molar-refractivity contribution >= 4 is 11.9 Å². The number of rotatable bonds is 5. The lowest BCUT2D eigenvalue weighted by atomic mass is 10.1. The second kappa shape index (κ2) is 6.44. The van der Waals surface area contributed by atoms with Gasteiger partial charge in [0.15, 0.2) is 0 Å². The molecule has 0 aromatic rings. The lowest BCUT2D eigenvalue weighted by Gasteiger charge is -2.34. The van der Waals surface area contributed by atoms with E-state index in [0.717, 1.165) is 0 Å². The summed E-state index contributed by atoms with van der Waals surface area (Å²) in [5.74, 6) is -0.938. The van der Waals surface area contributed by atoms with Crippen molar-refractivity contribution in [2.45, 2.75) is 25.3 Å². The van der Waals surface area contributed by atoms with Gasteiger partial charge in [-0.3, -0.25) is 9.59 Å². The molecule has 0 saturated carbocycles. The van der Waals surface area contributed by atoms with Gasteiger partial charge < -0.3 is 20.5 Å². The second-order valence-corrected chi connectivity index (χ2v) is 3.81. The first-order chi connectivity index (χ1) is 7.65. The van der Waals surface area contributed by atoms with Crippen molar-refractivity contribution in [2.75, 3.05) is 26.3 Å². The maximum absolute atomic E-state index is 11.8. The Morgan fingerprint density at radius 2 is 2.25 bits per heavy atom. The van der Waals surface area contributed by atoms with Gasteiger partial charge in [-0.25, -0.2) is 0 Å². The van der Waals surface area contributed by atoms with E-state index in [2.05, 4.69) is 0 Å². The number of hydrogen-bond donors (Lipinski definition) is 2. The van der Waals surface area contributed by atoms with Crippen molar-refractivity contribution in [2.24, 2.45) is 5.73 Å². The number of nitrogens with zero attached hydrogens (tertiary/aromatic N) is 1. The van der Waals surface area contributed by atoms with E-state index in [-0.39, 0.29) is 18.4 Å². The van der Waals surface area contributed by atoms with Crippen LogP contribution in [-0.2, 0) is 14.3 Å². The SMILES string of the molecule is NCCCC(=O)N1CCOCC1CC(=O)O. The fourth-order valence-corrected chi connectivity index (χ4v) is 1.75. The van der Waals surface area contributed by atoms with Crippen LogP contribution < -0.4 is 5.73 Å². The molecule has 1 aliphatic heterocycles. The molecule has 1 rings (SSSR count). The van der Waals surface area contributed by atoms with Gasteiger partial charge in [0.1, 0.15) is 0 Å². The maximum atomic E-state index is 11.8. The molecule has 16 heavy (non-hydrogen) atoms. The molecule has 1 amide bonds. The summed E-state index contributed by atoms with van der Waals surface area (Å²) in [6.07, 6.45) is 0.955. The first kappa shape index (κ1) is 12.9. The van der Waals surface area contributed by atoms with Crippen LogP contribution in [0.1, 0.15) is 19.3 Å². The molecule has 1 heterocycles. The Hall–Kier alpha value is -1.14. The number of morpholine rings is 1. The summed E-state index contributed by atoms with van der Waals surface area (Å²) in [5.41, 5.74) is 5.33. The molecule has 0 aromatic heterocycles. The number of nitrogens with two attached hydrogens (primary N) is 1. The van der Waals surface area contributed by atoms with E-state index in [1.807, 2.05) is 0 Å². The van der Waals surface area contributed by atoms with E-state index in [0.29, 0.717) is 39.1 Å². The summed E-state index contributed by atoms with van der Waals surface area (Å²) in [5, 5.41) is 8.73. The smallest absolute Gasteiger partial charge is 0.305 e. The van der Waals surface area contributed by atoms with Crippen LogP contribution in [0.2, 0.25) is 0 Å². The minimum absolute atomic E-state index is 0.0278. The Balaban J connectivity index is 2.51. The van der Waals surface area contributed by atoms with Crippen molar-refractivity contribution in [3.05, 3.63) is 0 Å². The summed E-state index contributed by atoms with van der Waals surface area (Å²) in [4.78, 5) is 24.0. The van der Waals surface area contributed by atoms with Gasteiger partial charge in [-0.05, 0) is 13.0 Å². The maximum Gasteiger partial charge on any atom is 0.305 e. The van der Waals surface area contributed by atoms with Crippen LogP contribution in [0.5, 0.6) is 0 Å². The molecule has 3 N–H and O–H groups in total. The fourth-order valence-electron chi connectivity index (χ4n) is 1.75. The van der Waals surface area contributed by atoms with Crippen LogP contribution in [0.15, 0.2) is 0 Å². The van der Waals surface area contributed by atoms with Crippen LogP contribution in [0.3, 0.4) is 0 Å².